The fourth-order valence-electron chi connectivity index (χ4n) is 1.78. The highest BCUT2D eigenvalue weighted by atomic mass is 16.6. The number of alkyl carbamates (subject to hydrolysis) is 1. The van der Waals surface area contributed by atoms with Gasteiger partial charge in [0.25, 0.3) is 0 Å². The standard InChI is InChI=1S/C17H26N2O4/c1-16(2,3)13(14(20)23-17(4,5)6)19-15(21)22-11-12-8-7-9-18-10-12/h7-10,13H,11H2,1-6H3,(H,19,21)/t13-/m1/s1. The van der Waals surface area contributed by atoms with Gasteiger partial charge in [-0.05, 0) is 32.3 Å². The number of amides is 1. The second-order valence-electron chi connectivity index (χ2n) is 7.41. The van der Waals surface area contributed by atoms with Gasteiger partial charge in [-0.1, -0.05) is 26.8 Å². The van der Waals surface area contributed by atoms with Gasteiger partial charge in [-0.25, -0.2) is 9.59 Å². The summed E-state index contributed by atoms with van der Waals surface area (Å²) >= 11 is 0. The molecule has 1 rings (SSSR count). The molecule has 0 unspecified atom stereocenters. The van der Waals surface area contributed by atoms with E-state index in [1.807, 2.05) is 20.8 Å². The van der Waals surface area contributed by atoms with E-state index < -0.39 is 29.1 Å². The number of esters is 1. The fraction of sp³-hybridized carbons (Fsp3) is 0.588. The van der Waals surface area contributed by atoms with Crippen LogP contribution in [0.4, 0.5) is 4.79 Å². The molecule has 0 aromatic carbocycles. The molecule has 6 heteroatoms. The Kier molecular flexibility index (Phi) is 6.12. The van der Waals surface area contributed by atoms with Crippen molar-refractivity contribution >= 4 is 12.1 Å². The van der Waals surface area contributed by atoms with Crippen molar-refractivity contribution in [3.05, 3.63) is 30.1 Å². The van der Waals surface area contributed by atoms with Gasteiger partial charge < -0.3 is 14.8 Å². The monoisotopic (exact) mass is 322 g/mol. The van der Waals surface area contributed by atoms with Crippen LogP contribution in [0.15, 0.2) is 24.5 Å². The second kappa shape index (κ2) is 7.44. The van der Waals surface area contributed by atoms with E-state index in [0.29, 0.717) is 0 Å². The molecule has 0 radical (unpaired) electrons. The van der Waals surface area contributed by atoms with E-state index in [9.17, 15) is 9.59 Å². The Bertz CT molecular complexity index is 530. The minimum absolute atomic E-state index is 0.0881. The highest BCUT2D eigenvalue weighted by Crippen LogP contribution is 2.22. The Balaban J connectivity index is 2.66. The van der Waals surface area contributed by atoms with Crippen molar-refractivity contribution in [3.63, 3.8) is 0 Å². The van der Waals surface area contributed by atoms with Crippen LogP contribution in [0.3, 0.4) is 0 Å². The average Bonchev–Trinajstić information content (AvgIpc) is 2.40. The lowest BCUT2D eigenvalue weighted by atomic mass is 9.86. The third kappa shape index (κ3) is 7.13. The number of ether oxygens (including phenoxy) is 2. The number of hydrogen-bond acceptors (Lipinski definition) is 5. The van der Waals surface area contributed by atoms with Crippen LogP contribution in [0, 0.1) is 5.41 Å². The van der Waals surface area contributed by atoms with Gasteiger partial charge in [0.1, 0.15) is 18.2 Å². The van der Waals surface area contributed by atoms with Gasteiger partial charge in [-0.15, -0.1) is 0 Å². The molecule has 0 spiro atoms. The lowest BCUT2D eigenvalue weighted by Crippen LogP contribution is -2.51. The molecule has 1 aromatic rings. The summed E-state index contributed by atoms with van der Waals surface area (Å²) in [6, 6.07) is 2.76. The van der Waals surface area contributed by atoms with E-state index in [1.54, 1.807) is 45.3 Å². The van der Waals surface area contributed by atoms with Crippen LogP contribution in [0.25, 0.3) is 0 Å². The highest BCUT2D eigenvalue weighted by Gasteiger charge is 2.36. The zero-order valence-electron chi connectivity index (χ0n) is 14.7. The summed E-state index contributed by atoms with van der Waals surface area (Å²) in [4.78, 5) is 28.2. The third-order valence-electron chi connectivity index (χ3n) is 2.86. The lowest BCUT2D eigenvalue weighted by molar-refractivity contribution is -0.160. The Hall–Kier alpha value is -2.11. The molecule has 1 N–H and O–H groups in total. The van der Waals surface area contributed by atoms with Crippen LogP contribution >= 0.6 is 0 Å². The summed E-state index contributed by atoms with van der Waals surface area (Å²) in [5, 5.41) is 2.59. The van der Waals surface area contributed by atoms with Crippen molar-refractivity contribution < 1.29 is 19.1 Å². The van der Waals surface area contributed by atoms with Crippen molar-refractivity contribution in [1.29, 1.82) is 0 Å². The normalized spacial score (nSPS) is 13.1. The fourth-order valence-corrected chi connectivity index (χ4v) is 1.78. The summed E-state index contributed by atoms with van der Waals surface area (Å²) in [5.41, 5.74) is -0.357. The van der Waals surface area contributed by atoms with Crippen molar-refractivity contribution in [2.75, 3.05) is 0 Å². The van der Waals surface area contributed by atoms with E-state index in [4.69, 9.17) is 9.47 Å². The van der Waals surface area contributed by atoms with Crippen molar-refractivity contribution in [2.24, 2.45) is 5.41 Å². The molecular formula is C17H26N2O4. The van der Waals surface area contributed by atoms with Crippen molar-refractivity contribution in [1.82, 2.24) is 10.3 Å². The largest absolute Gasteiger partial charge is 0.458 e. The molecule has 6 nitrogen and oxygen atoms in total. The summed E-state index contributed by atoms with van der Waals surface area (Å²) in [5.74, 6) is -0.483. The quantitative estimate of drug-likeness (QED) is 0.862. The maximum absolute atomic E-state index is 12.3. The second-order valence-corrected chi connectivity index (χ2v) is 7.41. The van der Waals surface area contributed by atoms with Crippen LogP contribution in [-0.4, -0.2) is 28.7 Å². The van der Waals surface area contributed by atoms with Crippen LogP contribution in [-0.2, 0) is 20.9 Å². The van der Waals surface area contributed by atoms with E-state index in [-0.39, 0.29) is 6.61 Å². The molecule has 0 bridgehead atoms. The van der Waals surface area contributed by atoms with Gasteiger partial charge in [0.05, 0.1) is 0 Å². The molecule has 0 saturated carbocycles. The molecule has 1 amide bonds. The van der Waals surface area contributed by atoms with Crippen LogP contribution < -0.4 is 5.32 Å². The Morgan fingerprint density at radius 1 is 1.22 bits per heavy atom. The lowest BCUT2D eigenvalue weighted by Gasteiger charge is -2.32. The first-order valence-electron chi connectivity index (χ1n) is 7.54. The molecule has 1 aromatic heterocycles. The van der Waals surface area contributed by atoms with E-state index in [2.05, 4.69) is 10.3 Å². The summed E-state index contributed by atoms with van der Waals surface area (Å²) < 4.78 is 10.5. The SMILES string of the molecule is CC(C)(C)OC(=O)[C@@H](NC(=O)OCc1cccnc1)C(C)(C)C. The molecule has 0 fully saturated rings. The van der Waals surface area contributed by atoms with E-state index in [1.165, 1.54) is 0 Å². The number of carbonyl (C=O) groups excluding carboxylic acids is 2. The maximum Gasteiger partial charge on any atom is 0.408 e. The predicted octanol–water partition coefficient (Wildman–Crippen LogP) is 3.06. The van der Waals surface area contributed by atoms with Crippen LogP contribution in [0.5, 0.6) is 0 Å². The molecule has 1 atom stereocenters. The zero-order valence-corrected chi connectivity index (χ0v) is 14.7. The first kappa shape index (κ1) is 18.9. The van der Waals surface area contributed by atoms with Gasteiger partial charge in [-0.3, -0.25) is 4.98 Å². The zero-order chi connectivity index (χ0) is 17.7. The van der Waals surface area contributed by atoms with E-state index >= 15 is 0 Å². The first-order valence-corrected chi connectivity index (χ1v) is 7.54. The summed E-state index contributed by atoms with van der Waals surface area (Å²) in [7, 11) is 0. The molecule has 0 aliphatic rings. The number of nitrogens with zero attached hydrogens (tertiary/aromatic N) is 1. The highest BCUT2D eigenvalue weighted by molar-refractivity contribution is 5.82. The van der Waals surface area contributed by atoms with Gasteiger partial charge in [0, 0.05) is 18.0 Å². The molecular weight excluding hydrogens is 296 g/mol. The smallest absolute Gasteiger partial charge is 0.408 e. The Morgan fingerprint density at radius 2 is 1.87 bits per heavy atom. The van der Waals surface area contributed by atoms with Crippen LogP contribution in [0.1, 0.15) is 47.1 Å². The average molecular weight is 322 g/mol. The van der Waals surface area contributed by atoms with Crippen molar-refractivity contribution in [3.8, 4) is 0 Å². The summed E-state index contributed by atoms with van der Waals surface area (Å²) in [6.07, 6.45) is 2.59. The number of carbonyl (C=O) groups is 2. The molecule has 1 heterocycles. The van der Waals surface area contributed by atoms with Gasteiger partial charge in [0.2, 0.25) is 0 Å². The number of nitrogens with one attached hydrogen (secondary N) is 1. The summed E-state index contributed by atoms with van der Waals surface area (Å²) in [6.45, 7) is 11.0. The minimum Gasteiger partial charge on any atom is -0.458 e. The predicted molar refractivity (Wildman–Crippen MR) is 86.6 cm³/mol. The van der Waals surface area contributed by atoms with Gasteiger partial charge >= 0.3 is 12.1 Å². The molecule has 0 aliphatic heterocycles. The third-order valence-corrected chi connectivity index (χ3v) is 2.86. The molecule has 128 valence electrons. The number of rotatable bonds is 4. The number of pyridine rings is 1. The Labute approximate surface area is 137 Å². The number of aromatic nitrogens is 1. The number of hydrogen-bond donors (Lipinski definition) is 1. The van der Waals surface area contributed by atoms with Crippen molar-refractivity contribution in [2.45, 2.75) is 59.8 Å². The molecule has 0 aliphatic carbocycles. The molecule has 23 heavy (non-hydrogen) atoms. The first-order chi connectivity index (χ1) is 10.5. The topological polar surface area (TPSA) is 77.5 Å². The maximum atomic E-state index is 12.3. The molecule has 0 saturated heterocycles. The van der Waals surface area contributed by atoms with E-state index in [0.717, 1.165) is 5.56 Å². The van der Waals surface area contributed by atoms with Gasteiger partial charge in [0.15, 0.2) is 0 Å². The Morgan fingerprint density at radius 3 is 2.35 bits per heavy atom. The minimum atomic E-state index is -0.803. The van der Waals surface area contributed by atoms with Gasteiger partial charge in [-0.2, -0.15) is 0 Å². The van der Waals surface area contributed by atoms with Crippen LogP contribution in [0.2, 0.25) is 0 Å².